The summed E-state index contributed by atoms with van der Waals surface area (Å²) < 4.78 is 0. The average molecular weight is 236 g/mol. The molecular formula is C18H20. The molecule has 0 aromatic heterocycles. The van der Waals surface area contributed by atoms with Crippen LogP contribution in [-0.2, 0) is 6.42 Å². The summed E-state index contributed by atoms with van der Waals surface area (Å²) in [4.78, 5) is 0. The minimum Gasteiger partial charge on any atom is -0.0620 e. The van der Waals surface area contributed by atoms with E-state index in [4.69, 9.17) is 0 Å². The molecule has 1 atom stereocenters. The zero-order valence-electron chi connectivity index (χ0n) is 11.4. The van der Waals surface area contributed by atoms with E-state index in [1.807, 2.05) is 0 Å². The van der Waals surface area contributed by atoms with Crippen LogP contribution in [0.1, 0.15) is 49.3 Å². The van der Waals surface area contributed by atoms with E-state index in [0.29, 0.717) is 11.8 Å². The van der Waals surface area contributed by atoms with Crippen LogP contribution >= 0.6 is 0 Å². The summed E-state index contributed by atoms with van der Waals surface area (Å²) in [6.45, 7) is 6.88. The van der Waals surface area contributed by atoms with Crippen LogP contribution in [0.2, 0.25) is 0 Å². The van der Waals surface area contributed by atoms with E-state index in [1.54, 1.807) is 0 Å². The van der Waals surface area contributed by atoms with Crippen LogP contribution < -0.4 is 0 Å². The third-order valence-corrected chi connectivity index (χ3v) is 4.11. The molecule has 3 rings (SSSR count). The molecule has 0 bridgehead atoms. The predicted octanol–water partition coefficient (Wildman–Crippen LogP) is 5.14. The third-order valence-electron chi connectivity index (χ3n) is 4.11. The summed E-state index contributed by atoms with van der Waals surface area (Å²) >= 11 is 0. The second kappa shape index (κ2) is 4.28. The van der Waals surface area contributed by atoms with Crippen molar-refractivity contribution < 1.29 is 0 Å². The number of rotatable bonds is 1. The van der Waals surface area contributed by atoms with Crippen molar-refractivity contribution in [3.8, 4) is 11.1 Å². The van der Waals surface area contributed by atoms with Crippen LogP contribution in [0.15, 0.2) is 42.5 Å². The Morgan fingerprint density at radius 1 is 1.00 bits per heavy atom. The number of benzene rings is 2. The van der Waals surface area contributed by atoms with Gasteiger partial charge in [0.15, 0.2) is 0 Å². The Morgan fingerprint density at radius 3 is 2.56 bits per heavy atom. The maximum absolute atomic E-state index is 2.42. The van der Waals surface area contributed by atoms with Crippen molar-refractivity contribution in [3.63, 3.8) is 0 Å². The van der Waals surface area contributed by atoms with E-state index >= 15 is 0 Å². The molecule has 0 saturated heterocycles. The van der Waals surface area contributed by atoms with Gasteiger partial charge in [-0.3, -0.25) is 0 Å². The van der Waals surface area contributed by atoms with E-state index in [2.05, 4.69) is 63.2 Å². The van der Waals surface area contributed by atoms with Gasteiger partial charge in [-0.25, -0.2) is 0 Å². The first-order chi connectivity index (χ1) is 8.66. The summed E-state index contributed by atoms with van der Waals surface area (Å²) in [6, 6.07) is 15.9. The number of hydrogen-bond acceptors (Lipinski definition) is 0. The lowest BCUT2D eigenvalue weighted by atomic mass is 9.78. The van der Waals surface area contributed by atoms with Crippen LogP contribution in [0.3, 0.4) is 0 Å². The highest BCUT2D eigenvalue weighted by Gasteiger charge is 2.21. The molecule has 0 amide bonds. The fraction of sp³-hybridized carbons (Fsp3) is 0.333. The second-order valence-electron chi connectivity index (χ2n) is 5.76. The lowest BCUT2D eigenvalue weighted by molar-refractivity contribution is 0.743. The van der Waals surface area contributed by atoms with E-state index in [0.717, 1.165) is 0 Å². The summed E-state index contributed by atoms with van der Waals surface area (Å²) in [5.74, 6) is 1.24. The van der Waals surface area contributed by atoms with Gasteiger partial charge in [0.2, 0.25) is 0 Å². The van der Waals surface area contributed by atoms with Crippen molar-refractivity contribution in [2.75, 3.05) is 0 Å². The summed E-state index contributed by atoms with van der Waals surface area (Å²) in [5.41, 5.74) is 7.35. The SMILES string of the molecule is CC(C)c1ccc2c(c1)C(C)Cc1ccccc1-2. The lowest BCUT2D eigenvalue weighted by Gasteiger charge is -2.26. The van der Waals surface area contributed by atoms with Gasteiger partial charge >= 0.3 is 0 Å². The normalized spacial score (nSPS) is 17.4. The first kappa shape index (κ1) is 11.5. The van der Waals surface area contributed by atoms with Gasteiger partial charge in [-0.2, -0.15) is 0 Å². The Balaban J connectivity index is 2.19. The molecule has 0 radical (unpaired) electrons. The molecule has 0 saturated carbocycles. The van der Waals surface area contributed by atoms with Crippen LogP contribution in [0, 0.1) is 0 Å². The summed E-state index contributed by atoms with van der Waals surface area (Å²) in [6.07, 6.45) is 1.17. The van der Waals surface area contributed by atoms with E-state index < -0.39 is 0 Å². The van der Waals surface area contributed by atoms with Gasteiger partial charge in [0, 0.05) is 0 Å². The smallest absolute Gasteiger partial charge is 0.0143 e. The zero-order valence-corrected chi connectivity index (χ0v) is 11.4. The molecule has 0 fully saturated rings. The van der Waals surface area contributed by atoms with Gasteiger partial charge in [-0.15, -0.1) is 0 Å². The van der Waals surface area contributed by atoms with Crippen LogP contribution in [0.4, 0.5) is 0 Å². The molecule has 1 aliphatic carbocycles. The Labute approximate surface area is 110 Å². The van der Waals surface area contributed by atoms with E-state index in [-0.39, 0.29) is 0 Å². The summed E-state index contributed by atoms with van der Waals surface area (Å²) in [7, 11) is 0. The fourth-order valence-corrected chi connectivity index (χ4v) is 2.99. The highest BCUT2D eigenvalue weighted by molar-refractivity contribution is 5.74. The van der Waals surface area contributed by atoms with Crippen LogP contribution in [0.25, 0.3) is 11.1 Å². The molecule has 1 unspecified atom stereocenters. The van der Waals surface area contributed by atoms with Crippen LogP contribution in [0.5, 0.6) is 0 Å². The predicted molar refractivity (Wildman–Crippen MR) is 78.1 cm³/mol. The molecule has 0 spiro atoms. The molecule has 18 heavy (non-hydrogen) atoms. The molecule has 92 valence electrons. The largest absolute Gasteiger partial charge is 0.0620 e. The topological polar surface area (TPSA) is 0 Å². The Morgan fingerprint density at radius 2 is 1.78 bits per heavy atom. The number of hydrogen-bond donors (Lipinski definition) is 0. The van der Waals surface area contributed by atoms with Gasteiger partial charge in [0.05, 0.1) is 0 Å². The maximum atomic E-state index is 2.42. The fourth-order valence-electron chi connectivity index (χ4n) is 2.99. The van der Waals surface area contributed by atoms with Gasteiger partial charge in [-0.05, 0) is 46.1 Å². The number of fused-ring (bicyclic) bond motifs is 3. The monoisotopic (exact) mass is 236 g/mol. The van der Waals surface area contributed by atoms with Gasteiger partial charge in [0.25, 0.3) is 0 Å². The maximum Gasteiger partial charge on any atom is -0.0143 e. The first-order valence-electron chi connectivity index (χ1n) is 6.89. The van der Waals surface area contributed by atoms with Crippen LogP contribution in [-0.4, -0.2) is 0 Å². The second-order valence-corrected chi connectivity index (χ2v) is 5.76. The molecule has 0 aliphatic heterocycles. The Kier molecular flexibility index (Phi) is 2.74. The highest BCUT2D eigenvalue weighted by atomic mass is 14.3. The first-order valence-corrected chi connectivity index (χ1v) is 6.89. The minimum absolute atomic E-state index is 0.611. The minimum atomic E-state index is 0.611. The average Bonchev–Trinajstić information content (AvgIpc) is 2.38. The molecule has 0 N–H and O–H groups in total. The van der Waals surface area contributed by atoms with Crippen molar-refractivity contribution in [1.82, 2.24) is 0 Å². The third kappa shape index (κ3) is 1.77. The molecule has 2 aromatic carbocycles. The molecule has 0 nitrogen and oxygen atoms in total. The van der Waals surface area contributed by atoms with Crippen molar-refractivity contribution >= 4 is 0 Å². The van der Waals surface area contributed by atoms with Crippen molar-refractivity contribution in [2.24, 2.45) is 0 Å². The van der Waals surface area contributed by atoms with E-state index in [9.17, 15) is 0 Å². The van der Waals surface area contributed by atoms with Crippen molar-refractivity contribution in [3.05, 3.63) is 59.2 Å². The quantitative estimate of drug-likeness (QED) is 0.643. The lowest BCUT2D eigenvalue weighted by Crippen LogP contribution is -2.09. The Bertz CT molecular complexity index is 578. The van der Waals surface area contributed by atoms with Gasteiger partial charge in [0.1, 0.15) is 0 Å². The van der Waals surface area contributed by atoms with Crippen molar-refractivity contribution in [2.45, 2.75) is 39.0 Å². The standard InChI is InChI=1S/C18H20/c1-12(2)14-8-9-17-16-7-5-4-6-15(16)10-13(3)18(17)11-14/h4-9,11-13H,10H2,1-3H3. The zero-order chi connectivity index (χ0) is 12.7. The van der Waals surface area contributed by atoms with Gasteiger partial charge in [-0.1, -0.05) is 63.2 Å². The molecule has 2 aromatic rings. The molecule has 0 heteroatoms. The summed E-state index contributed by atoms with van der Waals surface area (Å²) in [5, 5.41) is 0. The van der Waals surface area contributed by atoms with Crippen molar-refractivity contribution in [1.29, 1.82) is 0 Å². The molecule has 0 heterocycles. The Hall–Kier alpha value is -1.56. The van der Waals surface area contributed by atoms with Gasteiger partial charge < -0.3 is 0 Å². The van der Waals surface area contributed by atoms with E-state index in [1.165, 1.54) is 34.2 Å². The molecule has 1 aliphatic rings. The molecular weight excluding hydrogens is 216 g/mol. The highest BCUT2D eigenvalue weighted by Crippen LogP contribution is 2.40.